The third-order valence-electron chi connectivity index (χ3n) is 0.757. The molecule has 4 N–H and O–H groups in total. The maximum absolute atomic E-state index is 4.81. The number of aromatic nitrogens is 3. The van der Waals surface area contributed by atoms with Gasteiger partial charge in [0.05, 0.1) is 0 Å². The van der Waals surface area contributed by atoms with Crippen LogP contribution in [-0.2, 0) is 11.4 Å². The Hall–Kier alpha value is -0.980. The molecule has 6 nitrogen and oxygen atoms in total. The van der Waals surface area contributed by atoms with E-state index in [0.29, 0.717) is 5.82 Å². The van der Waals surface area contributed by atoms with Crippen LogP contribution in [0.15, 0.2) is 6.33 Å². The summed E-state index contributed by atoms with van der Waals surface area (Å²) in [7, 11) is 0. The van der Waals surface area contributed by atoms with Crippen molar-refractivity contribution in [1.82, 2.24) is 20.8 Å². The van der Waals surface area contributed by atoms with Gasteiger partial charge in [-0.15, -0.1) is 5.59 Å². The summed E-state index contributed by atoms with van der Waals surface area (Å²) >= 11 is 0. The molecule has 0 saturated heterocycles. The maximum Gasteiger partial charge on any atom is 0.152 e. The molecular weight excluding hydrogens is 122 g/mol. The van der Waals surface area contributed by atoms with Gasteiger partial charge in [0.25, 0.3) is 0 Å². The number of aromatic amines is 1. The topological polar surface area (TPSA) is 88.8 Å². The van der Waals surface area contributed by atoms with E-state index in [2.05, 4.69) is 20.0 Å². The number of H-pyrrole nitrogens is 1. The number of nitrogens with zero attached hydrogens (tertiary/aromatic N) is 2. The van der Waals surface area contributed by atoms with E-state index < -0.39 is 0 Å². The van der Waals surface area contributed by atoms with Crippen LogP contribution < -0.4 is 11.4 Å². The first-order valence-electron chi connectivity index (χ1n) is 2.35. The molecule has 1 aromatic heterocycles. The Morgan fingerprint density at radius 2 is 2.78 bits per heavy atom. The highest BCUT2D eigenvalue weighted by molar-refractivity contribution is 4.74. The second-order valence-corrected chi connectivity index (χ2v) is 1.34. The fourth-order valence-electron chi connectivity index (χ4n) is 0.410. The number of rotatable bonds is 3. The van der Waals surface area contributed by atoms with Gasteiger partial charge in [-0.2, -0.15) is 5.10 Å². The molecule has 0 radical (unpaired) electrons. The minimum Gasteiger partial charge on any atom is -0.279 e. The highest BCUT2D eigenvalue weighted by Gasteiger charge is 1.91. The van der Waals surface area contributed by atoms with E-state index in [-0.39, 0.29) is 6.61 Å². The summed E-state index contributed by atoms with van der Waals surface area (Å²) in [5, 5.41) is 6.18. The Morgan fingerprint density at radius 3 is 3.33 bits per heavy atom. The van der Waals surface area contributed by atoms with Gasteiger partial charge in [-0.1, -0.05) is 0 Å². The molecule has 0 aliphatic heterocycles. The van der Waals surface area contributed by atoms with Crippen LogP contribution in [0.4, 0.5) is 0 Å². The van der Waals surface area contributed by atoms with Crippen LogP contribution >= 0.6 is 0 Å². The zero-order chi connectivity index (χ0) is 6.53. The van der Waals surface area contributed by atoms with Gasteiger partial charge in [0.1, 0.15) is 12.9 Å². The minimum atomic E-state index is 0.288. The molecule has 6 heteroatoms. The summed E-state index contributed by atoms with van der Waals surface area (Å²) in [5.74, 6) is 5.44. The van der Waals surface area contributed by atoms with E-state index in [1.54, 1.807) is 0 Å². The zero-order valence-electron chi connectivity index (χ0n) is 4.66. The zero-order valence-corrected chi connectivity index (χ0v) is 4.66. The average Bonchev–Trinajstić information content (AvgIpc) is 2.34. The molecule has 1 rings (SSSR count). The summed E-state index contributed by atoms with van der Waals surface area (Å²) in [4.78, 5) is 8.34. The van der Waals surface area contributed by atoms with Crippen molar-refractivity contribution >= 4 is 0 Å². The number of nitrogens with two attached hydrogens (primary N) is 1. The predicted octanol–water partition coefficient (Wildman–Crippen LogP) is -1.30. The van der Waals surface area contributed by atoms with Crippen LogP contribution in [0.25, 0.3) is 0 Å². The van der Waals surface area contributed by atoms with Gasteiger partial charge in [-0.25, -0.2) is 10.8 Å². The molecule has 0 saturated carbocycles. The fraction of sp³-hybridized carbons (Fsp3) is 0.333. The monoisotopic (exact) mass is 129 g/mol. The second kappa shape index (κ2) is 3.13. The van der Waals surface area contributed by atoms with Crippen molar-refractivity contribution in [3.63, 3.8) is 0 Å². The molecule has 1 heterocycles. The standard InChI is InChI=1S/C3H7N5O/c4-8-9-1-3-5-2-6-7-3/h2,8H,1,4H2,(H,5,6,7). The lowest BCUT2D eigenvalue weighted by molar-refractivity contribution is 0.0241. The van der Waals surface area contributed by atoms with Gasteiger partial charge in [0.15, 0.2) is 5.82 Å². The largest absolute Gasteiger partial charge is 0.279 e. The number of hydrazine groups is 1. The molecule has 0 fully saturated rings. The van der Waals surface area contributed by atoms with Crippen LogP contribution in [-0.4, -0.2) is 15.2 Å². The Labute approximate surface area is 51.3 Å². The summed E-state index contributed by atoms with van der Waals surface area (Å²) in [6, 6.07) is 0. The SMILES string of the molecule is NNOCc1ncn[nH]1. The van der Waals surface area contributed by atoms with Crippen molar-refractivity contribution in [3.8, 4) is 0 Å². The smallest absolute Gasteiger partial charge is 0.152 e. The van der Waals surface area contributed by atoms with Crippen LogP contribution in [0.2, 0.25) is 0 Å². The Bertz CT molecular complexity index is 149. The Kier molecular flexibility index (Phi) is 2.13. The minimum absolute atomic E-state index is 0.288. The molecule has 0 spiro atoms. The fourth-order valence-corrected chi connectivity index (χ4v) is 0.410. The van der Waals surface area contributed by atoms with Crippen molar-refractivity contribution in [1.29, 1.82) is 0 Å². The number of hydrogen-bond donors (Lipinski definition) is 3. The molecular formula is C3H7N5O. The normalized spacial score (nSPS) is 9.89. The van der Waals surface area contributed by atoms with E-state index in [1.165, 1.54) is 6.33 Å². The van der Waals surface area contributed by atoms with Gasteiger partial charge in [0, 0.05) is 0 Å². The lowest BCUT2D eigenvalue weighted by Gasteiger charge is -1.94. The van der Waals surface area contributed by atoms with Gasteiger partial charge in [-0.05, 0) is 0 Å². The summed E-state index contributed by atoms with van der Waals surface area (Å²) < 4.78 is 0. The first kappa shape index (κ1) is 6.14. The van der Waals surface area contributed by atoms with Crippen LogP contribution in [0.1, 0.15) is 5.82 Å². The van der Waals surface area contributed by atoms with E-state index >= 15 is 0 Å². The number of nitrogens with one attached hydrogen (secondary N) is 2. The highest BCUT2D eigenvalue weighted by atomic mass is 16.7. The van der Waals surface area contributed by atoms with Gasteiger partial charge in [-0.3, -0.25) is 9.94 Å². The Balaban J connectivity index is 2.30. The molecule has 1 aromatic rings. The lowest BCUT2D eigenvalue weighted by atomic mass is 10.7. The highest BCUT2D eigenvalue weighted by Crippen LogP contribution is 1.84. The first-order chi connectivity index (χ1) is 4.43. The quantitative estimate of drug-likeness (QED) is 0.348. The van der Waals surface area contributed by atoms with E-state index in [1.807, 2.05) is 5.59 Å². The maximum atomic E-state index is 4.81. The molecule has 0 atom stereocenters. The molecule has 0 aliphatic carbocycles. The van der Waals surface area contributed by atoms with Crippen LogP contribution in [0.3, 0.4) is 0 Å². The average molecular weight is 129 g/mol. The molecule has 9 heavy (non-hydrogen) atoms. The predicted molar refractivity (Wildman–Crippen MR) is 28.5 cm³/mol. The molecule has 0 bridgehead atoms. The number of hydrogen-bond acceptors (Lipinski definition) is 5. The summed E-state index contributed by atoms with van der Waals surface area (Å²) in [6.45, 7) is 0.288. The van der Waals surface area contributed by atoms with E-state index in [0.717, 1.165) is 0 Å². The van der Waals surface area contributed by atoms with Crippen molar-refractivity contribution in [2.45, 2.75) is 6.61 Å². The second-order valence-electron chi connectivity index (χ2n) is 1.34. The Morgan fingerprint density at radius 1 is 1.89 bits per heavy atom. The van der Waals surface area contributed by atoms with E-state index in [9.17, 15) is 0 Å². The van der Waals surface area contributed by atoms with E-state index in [4.69, 9.17) is 5.84 Å². The third-order valence-corrected chi connectivity index (χ3v) is 0.757. The summed E-state index contributed by atoms with van der Waals surface area (Å²) in [5.41, 5.74) is 2.02. The van der Waals surface area contributed by atoms with Crippen molar-refractivity contribution < 1.29 is 4.84 Å². The van der Waals surface area contributed by atoms with Gasteiger partial charge < -0.3 is 0 Å². The van der Waals surface area contributed by atoms with Crippen molar-refractivity contribution in [2.75, 3.05) is 0 Å². The molecule has 0 aliphatic rings. The molecule has 0 amide bonds. The van der Waals surface area contributed by atoms with Crippen molar-refractivity contribution in [2.24, 2.45) is 5.84 Å². The molecule has 0 aromatic carbocycles. The van der Waals surface area contributed by atoms with Crippen LogP contribution in [0, 0.1) is 0 Å². The van der Waals surface area contributed by atoms with Crippen molar-refractivity contribution in [3.05, 3.63) is 12.2 Å². The molecule has 0 unspecified atom stereocenters. The lowest BCUT2D eigenvalue weighted by Crippen LogP contribution is -2.22. The third kappa shape index (κ3) is 1.76. The van der Waals surface area contributed by atoms with Crippen LogP contribution in [0.5, 0.6) is 0 Å². The summed E-state index contributed by atoms with van der Waals surface area (Å²) in [6.07, 6.45) is 1.40. The van der Waals surface area contributed by atoms with Gasteiger partial charge in [0.2, 0.25) is 0 Å². The molecule has 50 valence electrons. The van der Waals surface area contributed by atoms with Gasteiger partial charge >= 0.3 is 0 Å². The first-order valence-corrected chi connectivity index (χ1v) is 2.35.